The number of carbonyl (C=O) groups is 1. The van der Waals surface area contributed by atoms with E-state index >= 15 is 0 Å². The average molecular weight is 499 g/mol. The largest absolute Gasteiger partial charge is 0.493 e. The van der Waals surface area contributed by atoms with Crippen LogP contribution in [0.3, 0.4) is 0 Å². The van der Waals surface area contributed by atoms with Crippen LogP contribution in [0.1, 0.15) is 35.2 Å². The standard InChI is InChI=1S/C29H30N4O4/c1-19-15-21(32-28-23-16-26(35-2)27(36-3)17-24(23)30-18-31-28)9-12-25(19)37-22-10-7-20(8-11-22)29(34)33-13-5-4-6-14-33/h7-12,15-18H,4-6,13-14H2,1-3H3,(H,30,31,32). The van der Waals surface area contributed by atoms with Gasteiger partial charge in [-0.15, -0.1) is 0 Å². The second-order valence-electron chi connectivity index (χ2n) is 9.03. The molecule has 0 unspecified atom stereocenters. The van der Waals surface area contributed by atoms with Gasteiger partial charge in [-0.1, -0.05) is 0 Å². The molecule has 1 aromatic heterocycles. The first-order valence-corrected chi connectivity index (χ1v) is 12.4. The Balaban J connectivity index is 1.30. The van der Waals surface area contributed by atoms with E-state index in [-0.39, 0.29) is 5.91 Å². The van der Waals surface area contributed by atoms with E-state index in [0.29, 0.717) is 28.6 Å². The van der Waals surface area contributed by atoms with Gasteiger partial charge in [0.25, 0.3) is 5.91 Å². The van der Waals surface area contributed by atoms with Crippen LogP contribution in [0.25, 0.3) is 10.9 Å². The number of methoxy groups -OCH3 is 2. The number of fused-ring (bicyclic) bond motifs is 1. The molecule has 0 saturated carbocycles. The minimum atomic E-state index is 0.0890. The van der Waals surface area contributed by atoms with Crippen LogP contribution in [0.15, 0.2) is 60.9 Å². The van der Waals surface area contributed by atoms with Gasteiger partial charge < -0.3 is 24.4 Å². The topological polar surface area (TPSA) is 85.8 Å². The van der Waals surface area contributed by atoms with Crippen molar-refractivity contribution in [3.63, 3.8) is 0 Å². The molecule has 4 aromatic rings. The molecule has 1 aliphatic heterocycles. The van der Waals surface area contributed by atoms with E-state index in [2.05, 4.69) is 15.3 Å². The molecule has 0 bridgehead atoms. The number of likely N-dealkylation sites (tertiary alicyclic amines) is 1. The highest BCUT2D eigenvalue weighted by Gasteiger charge is 2.18. The zero-order valence-corrected chi connectivity index (χ0v) is 21.3. The molecule has 0 atom stereocenters. The summed E-state index contributed by atoms with van der Waals surface area (Å²) >= 11 is 0. The fraction of sp³-hybridized carbons (Fsp3) is 0.276. The van der Waals surface area contributed by atoms with Crippen molar-refractivity contribution in [1.82, 2.24) is 14.9 Å². The number of amides is 1. The molecule has 1 saturated heterocycles. The number of aromatic nitrogens is 2. The second kappa shape index (κ2) is 10.7. The molecule has 1 aliphatic rings. The first kappa shape index (κ1) is 24.4. The highest BCUT2D eigenvalue weighted by Crippen LogP contribution is 2.35. The molecule has 8 heteroatoms. The summed E-state index contributed by atoms with van der Waals surface area (Å²) in [7, 11) is 3.20. The molecule has 190 valence electrons. The van der Waals surface area contributed by atoms with Crippen molar-refractivity contribution in [2.75, 3.05) is 32.6 Å². The predicted molar refractivity (Wildman–Crippen MR) is 143 cm³/mol. The lowest BCUT2D eigenvalue weighted by Gasteiger charge is -2.26. The molecule has 1 fully saturated rings. The van der Waals surface area contributed by atoms with Crippen LogP contribution in [0.2, 0.25) is 0 Å². The van der Waals surface area contributed by atoms with E-state index in [1.165, 1.54) is 12.7 Å². The third-order valence-electron chi connectivity index (χ3n) is 6.55. The van der Waals surface area contributed by atoms with Gasteiger partial charge in [0.2, 0.25) is 0 Å². The summed E-state index contributed by atoms with van der Waals surface area (Å²) in [6, 6.07) is 16.9. The van der Waals surface area contributed by atoms with E-state index in [1.54, 1.807) is 14.2 Å². The van der Waals surface area contributed by atoms with E-state index < -0.39 is 0 Å². The van der Waals surface area contributed by atoms with Crippen molar-refractivity contribution in [1.29, 1.82) is 0 Å². The predicted octanol–water partition coefficient (Wildman–Crippen LogP) is 6.12. The average Bonchev–Trinajstić information content (AvgIpc) is 2.94. The smallest absolute Gasteiger partial charge is 0.253 e. The number of nitrogens with one attached hydrogen (secondary N) is 1. The van der Waals surface area contributed by atoms with Crippen molar-refractivity contribution in [2.45, 2.75) is 26.2 Å². The van der Waals surface area contributed by atoms with Gasteiger partial charge in [-0.2, -0.15) is 0 Å². The third kappa shape index (κ3) is 5.28. The van der Waals surface area contributed by atoms with Crippen molar-refractivity contribution in [3.05, 3.63) is 72.1 Å². The van der Waals surface area contributed by atoms with Crippen molar-refractivity contribution >= 4 is 28.3 Å². The fourth-order valence-electron chi connectivity index (χ4n) is 4.53. The van der Waals surface area contributed by atoms with Gasteiger partial charge in [0.15, 0.2) is 11.5 Å². The maximum absolute atomic E-state index is 12.7. The van der Waals surface area contributed by atoms with Gasteiger partial charge in [-0.05, 0) is 80.3 Å². The molecule has 8 nitrogen and oxygen atoms in total. The Labute approximate surface area is 216 Å². The summed E-state index contributed by atoms with van der Waals surface area (Å²) < 4.78 is 16.9. The van der Waals surface area contributed by atoms with Crippen LogP contribution >= 0.6 is 0 Å². The van der Waals surface area contributed by atoms with Crippen molar-refractivity contribution in [3.8, 4) is 23.0 Å². The maximum atomic E-state index is 12.7. The Hall–Kier alpha value is -4.33. The monoisotopic (exact) mass is 498 g/mol. The summed E-state index contributed by atoms with van der Waals surface area (Å²) in [4.78, 5) is 23.4. The summed E-state index contributed by atoms with van der Waals surface area (Å²) in [5.41, 5.74) is 3.25. The Morgan fingerprint density at radius 3 is 2.30 bits per heavy atom. The van der Waals surface area contributed by atoms with Gasteiger partial charge in [-0.25, -0.2) is 9.97 Å². The van der Waals surface area contributed by atoms with Gasteiger partial charge in [0, 0.05) is 35.8 Å². The van der Waals surface area contributed by atoms with Gasteiger partial charge in [0.05, 0.1) is 19.7 Å². The molecule has 37 heavy (non-hydrogen) atoms. The lowest BCUT2D eigenvalue weighted by atomic mass is 10.1. The summed E-state index contributed by atoms with van der Waals surface area (Å²) in [5, 5.41) is 4.19. The number of carbonyl (C=O) groups excluding carboxylic acids is 1. The van der Waals surface area contributed by atoms with Crippen LogP contribution < -0.4 is 19.5 Å². The Kier molecular flexibility index (Phi) is 7.07. The molecular weight excluding hydrogens is 468 g/mol. The highest BCUT2D eigenvalue weighted by molar-refractivity contribution is 5.94. The number of ether oxygens (including phenoxy) is 3. The lowest BCUT2D eigenvalue weighted by molar-refractivity contribution is 0.0724. The van der Waals surface area contributed by atoms with Crippen LogP contribution in [0.5, 0.6) is 23.0 Å². The highest BCUT2D eigenvalue weighted by atomic mass is 16.5. The molecule has 3 aromatic carbocycles. The van der Waals surface area contributed by atoms with Crippen LogP contribution in [0.4, 0.5) is 11.5 Å². The molecule has 2 heterocycles. The second-order valence-corrected chi connectivity index (χ2v) is 9.03. The summed E-state index contributed by atoms with van der Waals surface area (Å²) in [5.74, 6) is 3.39. The third-order valence-corrected chi connectivity index (χ3v) is 6.55. The van der Waals surface area contributed by atoms with Crippen LogP contribution in [-0.4, -0.2) is 48.1 Å². The SMILES string of the molecule is COc1cc2ncnc(Nc3ccc(Oc4ccc(C(=O)N5CCCCC5)cc4)c(C)c3)c2cc1OC. The number of nitrogens with zero attached hydrogens (tertiary/aromatic N) is 3. The number of hydrogen-bond donors (Lipinski definition) is 1. The lowest BCUT2D eigenvalue weighted by Crippen LogP contribution is -2.35. The van der Waals surface area contributed by atoms with E-state index in [4.69, 9.17) is 14.2 Å². The maximum Gasteiger partial charge on any atom is 0.253 e. The molecule has 5 rings (SSSR count). The van der Waals surface area contributed by atoms with E-state index in [0.717, 1.165) is 53.8 Å². The van der Waals surface area contributed by atoms with E-state index in [9.17, 15) is 4.79 Å². The first-order chi connectivity index (χ1) is 18.1. The summed E-state index contributed by atoms with van der Waals surface area (Å²) in [6.45, 7) is 3.66. The van der Waals surface area contributed by atoms with E-state index in [1.807, 2.05) is 66.4 Å². The normalized spacial score (nSPS) is 13.3. The Morgan fingerprint density at radius 1 is 0.865 bits per heavy atom. The molecule has 1 amide bonds. The molecule has 1 N–H and O–H groups in total. The molecule has 0 spiro atoms. The first-order valence-electron chi connectivity index (χ1n) is 12.4. The number of anilines is 2. The number of hydrogen-bond acceptors (Lipinski definition) is 7. The minimum absolute atomic E-state index is 0.0890. The van der Waals surface area contributed by atoms with Crippen LogP contribution in [0, 0.1) is 6.92 Å². The minimum Gasteiger partial charge on any atom is -0.493 e. The Morgan fingerprint density at radius 2 is 1.59 bits per heavy atom. The van der Waals surface area contributed by atoms with Gasteiger partial charge in [0.1, 0.15) is 23.6 Å². The Bertz CT molecular complexity index is 1420. The van der Waals surface area contributed by atoms with Crippen LogP contribution in [-0.2, 0) is 0 Å². The quantitative estimate of drug-likeness (QED) is 0.329. The van der Waals surface area contributed by atoms with Crippen molar-refractivity contribution < 1.29 is 19.0 Å². The summed E-state index contributed by atoms with van der Waals surface area (Å²) in [6.07, 6.45) is 4.87. The number of aryl methyl sites for hydroxylation is 1. The molecular formula is C29H30N4O4. The number of piperidine rings is 1. The zero-order valence-electron chi connectivity index (χ0n) is 21.3. The van der Waals surface area contributed by atoms with Gasteiger partial charge in [-0.3, -0.25) is 4.79 Å². The zero-order chi connectivity index (χ0) is 25.8. The fourth-order valence-corrected chi connectivity index (χ4v) is 4.53. The van der Waals surface area contributed by atoms with Crippen molar-refractivity contribution in [2.24, 2.45) is 0 Å². The number of benzene rings is 3. The van der Waals surface area contributed by atoms with Gasteiger partial charge >= 0.3 is 0 Å². The molecule has 0 radical (unpaired) electrons. The number of rotatable bonds is 7. The molecule has 0 aliphatic carbocycles.